The van der Waals surface area contributed by atoms with Gasteiger partial charge in [-0.05, 0) is 129 Å². The predicted molar refractivity (Wildman–Crippen MR) is 191 cm³/mol. The summed E-state index contributed by atoms with van der Waals surface area (Å²) in [4.78, 5) is 20.2. The maximum atomic E-state index is 10.9. The van der Waals surface area contributed by atoms with Gasteiger partial charge in [-0.2, -0.15) is 0 Å². The molecule has 7 rings (SSSR count). The fraction of sp³-hybridized carbons (Fsp3) is 0.242. The number of aryl methyl sites for hydroxylation is 5. The number of carbonyl (C=O) groups is 1. The van der Waals surface area contributed by atoms with E-state index >= 15 is 0 Å². The fourth-order valence-corrected chi connectivity index (χ4v) is 5.66. The second kappa shape index (κ2) is 15.1. The molecule has 3 aromatic carbocycles. The predicted octanol–water partition coefficient (Wildman–Crippen LogP) is 8.91. The van der Waals surface area contributed by atoms with Crippen molar-refractivity contribution in [1.82, 2.24) is 15.0 Å². The van der Waals surface area contributed by atoms with Gasteiger partial charge in [0.2, 0.25) is 0 Å². The van der Waals surface area contributed by atoms with E-state index in [2.05, 4.69) is 88.1 Å². The molecule has 1 fully saturated rings. The molecule has 4 heterocycles. The normalized spacial score (nSPS) is 12.8. The zero-order valence-corrected chi connectivity index (χ0v) is 28.6. The Balaban J connectivity index is 0.000000138. The van der Waals surface area contributed by atoms with E-state index < -0.39 is 5.97 Å². The first-order chi connectivity index (χ1) is 21.4. The average molecular weight is 670 g/mol. The van der Waals surface area contributed by atoms with Crippen LogP contribution < -0.4 is 0 Å². The number of fused-ring (bicyclic) bond motifs is 3. The van der Waals surface area contributed by atoms with Gasteiger partial charge in [0.1, 0.15) is 0 Å². The maximum Gasteiger partial charge on any atom is 0.426 e. The van der Waals surface area contributed by atoms with Crippen LogP contribution in [0, 0.1) is 34.6 Å². The maximum absolute atomic E-state index is 10.9. The van der Waals surface area contributed by atoms with Crippen molar-refractivity contribution in [3.63, 3.8) is 0 Å². The Hall–Kier alpha value is -3.70. The second-order valence-corrected chi connectivity index (χ2v) is 11.9. The monoisotopic (exact) mass is 669 g/mol. The number of aromatic nitrogens is 3. The minimum atomic E-state index is -0.884. The SMILES string of the molecule is CB1OB(C)OB(C)O1.Cc1ccc2[nH]cc(C(=O)O)c2c1C.Cc1ccc2[nH]ccc2c1Br.Cc1ccc2[nH]ccc2c1C. The third-order valence-electron chi connectivity index (χ3n) is 7.89. The highest BCUT2D eigenvalue weighted by Gasteiger charge is 2.31. The number of aromatic amines is 3. The van der Waals surface area contributed by atoms with Crippen molar-refractivity contribution in [3.05, 3.63) is 105 Å². The number of aromatic carboxylic acids is 1. The molecule has 12 heteroatoms. The molecule has 232 valence electrons. The van der Waals surface area contributed by atoms with Gasteiger partial charge in [-0.15, -0.1) is 0 Å². The standard InChI is InChI=1S/C11H11NO2.C10H11N.C9H8BrN.C3H9B3O3/c1-6-3-4-9-10(7(6)2)8(5-12-9)11(13)14;1-7-3-4-10-9(8(7)2)5-6-11-10;1-6-2-3-8-7(9(6)10)4-5-11-8;1-4-7-5(2)9-6(3)8-4/h3-5,12H,1-2H3,(H,13,14);3-6,11H,1-2H3;2-5,11H,1H3;1-3H3. The number of nitrogens with one attached hydrogen (secondary N) is 3. The van der Waals surface area contributed by atoms with E-state index in [-0.39, 0.29) is 21.4 Å². The summed E-state index contributed by atoms with van der Waals surface area (Å²) in [7, 11) is -0.406. The van der Waals surface area contributed by atoms with Gasteiger partial charge in [0.05, 0.1) is 5.56 Å². The second-order valence-electron chi connectivity index (χ2n) is 11.1. The first-order valence-electron chi connectivity index (χ1n) is 14.9. The highest BCUT2D eigenvalue weighted by Crippen LogP contribution is 2.26. The molecule has 45 heavy (non-hydrogen) atoms. The number of H-pyrrole nitrogens is 3. The molecular formula is C33H39B3BrN3O5. The number of benzene rings is 3. The van der Waals surface area contributed by atoms with Crippen LogP contribution in [0.5, 0.6) is 0 Å². The van der Waals surface area contributed by atoms with Crippen LogP contribution in [0.25, 0.3) is 32.7 Å². The minimum Gasteiger partial charge on any atom is -0.478 e. The molecule has 1 saturated heterocycles. The Bertz CT molecular complexity index is 1820. The summed E-state index contributed by atoms with van der Waals surface area (Å²) in [5.74, 6) is -0.884. The molecule has 0 aliphatic carbocycles. The van der Waals surface area contributed by atoms with Gasteiger partial charge in [-0.3, -0.25) is 0 Å². The molecule has 0 amide bonds. The van der Waals surface area contributed by atoms with Crippen LogP contribution in [0.1, 0.15) is 38.2 Å². The van der Waals surface area contributed by atoms with Gasteiger partial charge in [0.15, 0.2) is 0 Å². The van der Waals surface area contributed by atoms with Crippen molar-refractivity contribution in [2.75, 3.05) is 0 Å². The molecule has 0 bridgehead atoms. The lowest BCUT2D eigenvalue weighted by Gasteiger charge is -2.25. The van der Waals surface area contributed by atoms with Crippen LogP contribution in [0.15, 0.2) is 71.6 Å². The average Bonchev–Trinajstić information content (AvgIpc) is 3.75. The number of rotatable bonds is 1. The third kappa shape index (κ3) is 8.32. The van der Waals surface area contributed by atoms with E-state index in [1.54, 1.807) is 6.20 Å². The molecule has 4 N–H and O–H groups in total. The molecule has 3 aromatic heterocycles. The molecule has 0 saturated carbocycles. The summed E-state index contributed by atoms with van der Waals surface area (Å²) < 4.78 is 16.5. The van der Waals surface area contributed by atoms with Crippen molar-refractivity contribution in [3.8, 4) is 0 Å². The molecular weight excluding hydrogens is 631 g/mol. The van der Waals surface area contributed by atoms with Gasteiger partial charge < -0.3 is 33.8 Å². The van der Waals surface area contributed by atoms with Crippen LogP contribution in [0.4, 0.5) is 0 Å². The highest BCUT2D eigenvalue weighted by molar-refractivity contribution is 9.10. The lowest BCUT2D eigenvalue weighted by atomic mass is 9.74. The Morgan fingerprint density at radius 2 is 1.11 bits per heavy atom. The Labute approximate surface area is 273 Å². The third-order valence-corrected chi connectivity index (χ3v) is 8.95. The molecule has 1 aliphatic rings. The van der Waals surface area contributed by atoms with E-state index in [4.69, 9.17) is 18.8 Å². The summed E-state index contributed by atoms with van der Waals surface area (Å²) in [6.07, 6.45) is 5.48. The zero-order chi connectivity index (χ0) is 32.8. The van der Waals surface area contributed by atoms with Crippen LogP contribution >= 0.6 is 15.9 Å². The molecule has 0 atom stereocenters. The Morgan fingerprint density at radius 3 is 1.67 bits per heavy atom. The zero-order valence-electron chi connectivity index (χ0n) is 27.0. The summed E-state index contributed by atoms with van der Waals surface area (Å²) in [5, 5.41) is 12.4. The van der Waals surface area contributed by atoms with Crippen LogP contribution in [0.2, 0.25) is 20.5 Å². The van der Waals surface area contributed by atoms with Gasteiger partial charge in [-0.1, -0.05) is 18.2 Å². The van der Waals surface area contributed by atoms with Crippen molar-refractivity contribution in [2.45, 2.75) is 55.1 Å². The summed E-state index contributed by atoms with van der Waals surface area (Å²) in [5.41, 5.74) is 9.79. The van der Waals surface area contributed by atoms with Gasteiger partial charge in [0, 0.05) is 55.8 Å². The number of halogens is 1. The number of hydrogen-bond acceptors (Lipinski definition) is 4. The van der Waals surface area contributed by atoms with Crippen molar-refractivity contribution in [1.29, 1.82) is 0 Å². The van der Waals surface area contributed by atoms with Gasteiger partial charge in [0.25, 0.3) is 0 Å². The first kappa shape index (κ1) is 34.2. The van der Waals surface area contributed by atoms with Gasteiger partial charge >= 0.3 is 27.3 Å². The first-order valence-corrected chi connectivity index (χ1v) is 15.7. The van der Waals surface area contributed by atoms with Gasteiger partial charge in [-0.25, -0.2) is 4.79 Å². The van der Waals surface area contributed by atoms with E-state index in [9.17, 15) is 4.79 Å². The topological polar surface area (TPSA) is 112 Å². The number of hydrogen-bond donors (Lipinski definition) is 4. The van der Waals surface area contributed by atoms with E-state index in [0.717, 1.165) is 22.0 Å². The smallest absolute Gasteiger partial charge is 0.426 e. The largest absolute Gasteiger partial charge is 0.478 e. The molecule has 0 radical (unpaired) electrons. The number of carboxylic acids is 1. The number of carboxylic acid groups (broad SMARTS) is 1. The van der Waals surface area contributed by atoms with Crippen molar-refractivity contribution < 1.29 is 23.6 Å². The van der Waals surface area contributed by atoms with E-state index in [0.29, 0.717) is 5.56 Å². The quantitative estimate of drug-likeness (QED) is 0.131. The van der Waals surface area contributed by atoms with Crippen LogP contribution in [0.3, 0.4) is 0 Å². The lowest BCUT2D eigenvalue weighted by molar-refractivity contribution is 0.0699. The molecule has 6 aromatic rings. The van der Waals surface area contributed by atoms with E-state index in [1.165, 1.54) is 43.0 Å². The highest BCUT2D eigenvalue weighted by atomic mass is 79.9. The molecule has 8 nitrogen and oxygen atoms in total. The van der Waals surface area contributed by atoms with Crippen LogP contribution in [-0.4, -0.2) is 47.4 Å². The fourth-order valence-electron chi connectivity index (χ4n) is 5.18. The summed E-state index contributed by atoms with van der Waals surface area (Å²) in [6, 6.07) is 16.6. The van der Waals surface area contributed by atoms with Crippen LogP contribution in [-0.2, 0) is 13.7 Å². The minimum absolute atomic E-state index is 0.135. The summed E-state index contributed by atoms with van der Waals surface area (Å²) >= 11 is 3.54. The lowest BCUT2D eigenvalue weighted by Crippen LogP contribution is -2.44. The molecule has 1 aliphatic heterocycles. The summed E-state index contributed by atoms with van der Waals surface area (Å²) in [6.45, 7) is 15.9. The van der Waals surface area contributed by atoms with Crippen molar-refractivity contribution in [2.24, 2.45) is 0 Å². The van der Waals surface area contributed by atoms with E-state index in [1.807, 2.05) is 58.8 Å². The van der Waals surface area contributed by atoms with Crippen molar-refractivity contribution >= 4 is 76.0 Å². The molecule has 0 spiro atoms. The Kier molecular flexibility index (Phi) is 11.4. The molecule has 0 unspecified atom stereocenters. The Morgan fingerprint density at radius 1 is 0.644 bits per heavy atom.